The molecule has 3 nitrogen and oxygen atoms in total. The Hall–Kier alpha value is -1.04. The van der Waals surface area contributed by atoms with Crippen LogP contribution in [0.4, 0.5) is 0 Å². The Balaban J connectivity index is 2.29. The first-order chi connectivity index (χ1) is 8.65. The van der Waals surface area contributed by atoms with Crippen molar-refractivity contribution < 1.29 is 0 Å². The standard InChI is InChI=1S/C12H7BrClN3S/c1-6-15-9(5-18-6)12-16-10-7(11(14)17-12)3-2-4-8(10)13/h2-5H,1H3. The molecule has 90 valence electrons. The van der Waals surface area contributed by atoms with Crippen molar-refractivity contribution in [3.63, 3.8) is 0 Å². The predicted octanol–water partition coefficient (Wildman–Crippen LogP) is 4.48. The van der Waals surface area contributed by atoms with Crippen molar-refractivity contribution in [3.8, 4) is 11.5 Å². The summed E-state index contributed by atoms with van der Waals surface area (Å²) < 4.78 is 0.900. The van der Waals surface area contributed by atoms with E-state index in [9.17, 15) is 0 Å². The minimum absolute atomic E-state index is 0.446. The van der Waals surface area contributed by atoms with Crippen molar-refractivity contribution >= 4 is 49.8 Å². The fourth-order valence-electron chi connectivity index (χ4n) is 1.66. The molecule has 0 aliphatic carbocycles. The number of halogens is 2. The minimum atomic E-state index is 0.446. The highest BCUT2D eigenvalue weighted by Crippen LogP contribution is 2.29. The third kappa shape index (κ3) is 2.02. The fraction of sp³-hybridized carbons (Fsp3) is 0.0833. The molecule has 0 amide bonds. The van der Waals surface area contributed by atoms with E-state index >= 15 is 0 Å². The lowest BCUT2D eigenvalue weighted by Gasteiger charge is -2.03. The second-order valence-corrected chi connectivity index (χ2v) is 6.00. The molecule has 0 fully saturated rings. The van der Waals surface area contributed by atoms with Crippen LogP contribution in [-0.4, -0.2) is 15.0 Å². The Morgan fingerprint density at radius 1 is 1.22 bits per heavy atom. The van der Waals surface area contributed by atoms with Crippen molar-refractivity contribution in [2.75, 3.05) is 0 Å². The van der Waals surface area contributed by atoms with Gasteiger partial charge in [-0.3, -0.25) is 0 Å². The summed E-state index contributed by atoms with van der Waals surface area (Å²) in [5.74, 6) is 0.559. The van der Waals surface area contributed by atoms with E-state index in [1.807, 2.05) is 30.5 Å². The zero-order chi connectivity index (χ0) is 12.7. The molecule has 0 saturated carbocycles. The Morgan fingerprint density at radius 3 is 2.78 bits per heavy atom. The number of nitrogens with zero attached hydrogens (tertiary/aromatic N) is 3. The highest BCUT2D eigenvalue weighted by atomic mass is 79.9. The van der Waals surface area contributed by atoms with Crippen molar-refractivity contribution in [2.45, 2.75) is 6.92 Å². The van der Waals surface area contributed by atoms with Crippen molar-refractivity contribution in [3.05, 3.63) is 38.2 Å². The van der Waals surface area contributed by atoms with Crippen LogP contribution in [0.5, 0.6) is 0 Å². The summed E-state index contributed by atoms with van der Waals surface area (Å²) in [5, 5.41) is 4.20. The summed E-state index contributed by atoms with van der Waals surface area (Å²) in [6.07, 6.45) is 0. The molecular weight excluding hydrogens is 334 g/mol. The van der Waals surface area contributed by atoms with E-state index in [2.05, 4.69) is 30.9 Å². The molecule has 6 heteroatoms. The van der Waals surface area contributed by atoms with Crippen LogP contribution in [-0.2, 0) is 0 Å². The molecule has 18 heavy (non-hydrogen) atoms. The van der Waals surface area contributed by atoms with Gasteiger partial charge in [0.2, 0.25) is 0 Å². The molecule has 0 spiro atoms. The van der Waals surface area contributed by atoms with Gasteiger partial charge in [-0.15, -0.1) is 11.3 Å². The summed E-state index contributed by atoms with van der Waals surface area (Å²) in [6, 6.07) is 5.74. The molecule has 2 heterocycles. The Morgan fingerprint density at radius 2 is 2.06 bits per heavy atom. The molecule has 0 atom stereocenters. The molecule has 2 aromatic heterocycles. The topological polar surface area (TPSA) is 38.7 Å². The summed E-state index contributed by atoms with van der Waals surface area (Å²) in [6.45, 7) is 1.95. The molecular formula is C12H7BrClN3S. The van der Waals surface area contributed by atoms with Crippen LogP contribution < -0.4 is 0 Å². The molecule has 0 saturated heterocycles. The van der Waals surface area contributed by atoms with Gasteiger partial charge in [-0.25, -0.2) is 15.0 Å². The lowest BCUT2D eigenvalue weighted by Crippen LogP contribution is -1.92. The second kappa shape index (κ2) is 4.57. The van der Waals surface area contributed by atoms with E-state index in [-0.39, 0.29) is 0 Å². The number of fused-ring (bicyclic) bond motifs is 1. The average molecular weight is 341 g/mol. The Labute approximate surface area is 121 Å². The van der Waals surface area contributed by atoms with Crippen LogP contribution in [0, 0.1) is 6.92 Å². The van der Waals surface area contributed by atoms with Crippen LogP contribution in [0.2, 0.25) is 5.15 Å². The highest BCUT2D eigenvalue weighted by Gasteiger charge is 2.11. The first-order valence-electron chi connectivity index (χ1n) is 5.19. The molecule has 0 aliphatic rings. The van der Waals surface area contributed by atoms with Gasteiger partial charge in [-0.05, 0) is 35.0 Å². The minimum Gasteiger partial charge on any atom is -0.238 e. The first kappa shape index (κ1) is 12.0. The third-order valence-electron chi connectivity index (χ3n) is 2.48. The molecule has 0 radical (unpaired) electrons. The predicted molar refractivity (Wildman–Crippen MR) is 78.1 cm³/mol. The Kier molecular flexibility index (Phi) is 3.05. The van der Waals surface area contributed by atoms with Crippen LogP contribution >= 0.6 is 38.9 Å². The van der Waals surface area contributed by atoms with Crippen LogP contribution in [0.15, 0.2) is 28.1 Å². The van der Waals surface area contributed by atoms with E-state index in [1.165, 1.54) is 0 Å². The van der Waals surface area contributed by atoms with Gasteiger partial charge in [0, 0.05) is 15.2 Å². The number of aromatic nitrogens is 3. The van der Waals surface area contributed by atoms with Crippen LogP contribution in [0.3, 0.4) is 0 Å². The van der Waals surface area contributed by atoms with Gasteiger partial charge >= 0.3 is 0 Å². The zero-order valence-electron chi connectivity index (χ0n) is 9.32. The second-order valence-electron chi connectivity index (χ2n) is 3.73. The van der Waals surface area contributed by atoms with E-state index in [0.717, 1.165) is 26.1 Å². The molecule has 0 aliphatic heterocycles. The molecule has 0 bridgehead atoms. The number of hydrogen-bond acceptors (Lipinski definition) is 4. The van der Waals surface area contributed by atoms with E-state index in [1.54, 1.807) is 11.3 Å². The van der Waals surface area contributed by atoms with Gasteiger partial charge in [0.1, 0.15) is 10.8 Å². The summed E-state index contributed by atoms with van der Waals surface area (Å²) in [5.41, 5.74) is 1.57. The molecule has 3 rings (SSSR count). The smallest absolute Gasteiger partial charge is 0.181 e. The van der Waals surface area contributed by atoms with Gasteiger partial charge in [-0.2, -0.15) is 0 Å². The molecule has 0 N–H and O–H groups in total. The maximum absolute atomic E-state index is 6.19. The number of rotatable bonds is 1. The number of thiazole rings is 1. The lowest BCUT2D eigenvalue weighted by molar-refractivity contribution is 1.17. The van der Waals surface area contributed by atoms with E-state index in [0.29, 0.717) is 11.0 Å². The maximum atomic E-state index is 6.19. The normalized spacial score (nSPS) is 11.1. The monoisotopic (exact) mass is 339 g/mol. The van der Waals surface area contributed by atoms with Gasteiger partial charge in [-0.1, -0.05) is 17.7 Å². The summed E-state index contributed by atoms with van der Waals surface area (Å²) in [4.78, 5) is 13.2. The quantitative estimate of drug-likeness (QED) is 0.613. The maximum Gasteiger partial charge on any atom is 0.181 e. The molecule has 3 aromatic rings. The lowest BCUT2D eigenvalue weighted by atomic mass is 10.2. The van der Waals surface area contributed by atoms with Crippen molar-refractivity contribution in [2.24, 2.45) is 0 Å². The summed E-state index contributed by atoms with van der Waals surface area (Å²) in [7, 11) is 0. The number of benzene rings is 1. The van der Waals surface area contributed by atoms with Gasteiger partial charge in [0.25, 0.3) is 0 Å². The van der Waals surface area contributed by atoms with Gasteiger partial charge in [0.15, 0.2) is 5.82 Å². The van der Waals surface area contributed by atoms with Crippen molar-refractivity contribution in [1.82, 2.24) is 15.0 Å². The van der Waals surface area contributed by atoms with Crippen LogP contribution in [0.1, 0.15) is 5.01 Å². The number of hydrogen-bond donors (Lipinski definition) is 0. The zero-order valence-corrected chi connectivity index (χ0v) is 12.5. The first-order valence-corrected chi connectivity index (χ1v) is 7.24. The van der Waals surface area contributed by atoms with Gasteiger partial charge in [0.05, 0.1) is 10.5 Å². The Bertz CT molecular complexity index is 741. The SMILES string of the molecule is Cc1nc(-c2nc(Cl)c3cccc(Br)c3n2)cs1. The average Bonchev–Trinajstić information content (AvgIpc) is 2.77. The van der Waals surface area contributed by atoms with Crippen LogP contribution in [0.25, 0.3) is 22.4 Å². The largest absolute Gasteiger partial charge is 0.238 e. The third-order valence-corrected chi connectivity index (χ3v) is 4.18. The highest BCUT2D eigenvalue weighted by molar-refractivity contribution is 9.10. The molecule has 1 aromatic carbocycles. The van der Waals surface area contributed by atoms with E-state index < -0.39 is 0 Å². The van der Waals surface area contributed by atoms with Crippen molar-refractivity contribution in [1.29, 1.82) is 0 Å². The fourth-order valence-corrected chi connectivity index (χ4v) is 2.94. The van der Waals surface area contributed by atoms with Gasteiger partial charge < -0.3 is 0 Å². The number of aryl methyl sites for hydroxylation is 1. The number of para-hydroxylation sites is 1. The summed E-state index contributed by atoms with van der Waals surface area (Å²) >= 11 is 11.2. The van der Waals surface area contributed by atoms with E-state index in [4.69, 9.17) is 11.6 Å². The molecule has 0 unspecified atom stereocenters.